The summed E-state index contributed by atoms with van der Waals surface area (Å²) in [7, 11) is 0. The fourth-order valence-electron chi connectivity index (χ4n) is 1.31. The Morgan fingerprint density at radius 3 is 2.47 bits per heavy atom. The number of hydrogen-bond donors (Lipinski definition) is 4. The van der Waals surface area contributed by atoms with Gasteiger partial charge in [-0.25, -0.2) is 4.98 Å². The van der Waals surface area contributed by atoms with E-state index in [0.717, 1.165) is 12.2 Å². The Hall–Kier alpha value is -1.40. The van der Waals surface area contributed by atoms with Gasteiger partial charge in [0.1, 0.15) is 5.82 Å². The molecule has 4 N–H and O–H groups in total. The quantitative estimate of drug-likeness (QED) is 0.574. The molecule has 1 rings (SSSR count). The molecule has 0 spiro atoms. The highest BCUT2D eigenvalue weighted by molar-refractivity contribution is 5.44. The average molecular weight is 240 g/mol. The summed E-state index contributed by atoms with van der Waals surface area (Å²) in [4.78, 5) is 8.47. The molecular formula is C11H20N4O2. The number of anilines is 2. The lowest BCUT2D eigenvalue weighted by atomic mass is 10.1. The van der Waals surface area contributed by atoms with E-state index in [9.17, 15) is 10.2 Å². The van der Waals surface area contributed by atoms with Crippen molar-refractivity contribution in [2.45, 2.75) is 26.3 Å². The van der Waals surface area contributed by atoms with Crippen molar-refractivity contribution in [1.29, 1.82) is 0 Å². The van der Waals surface area contributed by atoms with Crippen LogP contribution in [-0.4, -0.2) is 45.5 Å². The van der Waals surface area contributed by atoms with Gasteiger partial charge in [-0.2, -0.15) is 4.98 Å². The van der Waals surface area contributed by atoms with E-state index in [-0.39, 0.29) is 13.2 Å². The second-order valence-electron chi connectivity index (χ2n) is 4.25. The van der Waals surface area contributed by atoms with Crippen LogP contribution in [0.2, 0.25) is 0 Å². The van der Waals surface area contributed by atoms with Crippen LogP contribution in [0.1, 0.15) is 19.5 Å². The molecule has 1 aromatic heterocycles. The Morgan fingerprint density at radius 1 is 1.29 bits per heavy atom. The fraction of sp³-hybridized carbons (Fsp3) is 0.636. The van der Waals surface area contributed by atoms with Crippen molar-refractivity contribution < 1.29 is 10.2 Å². The van der Waals surface area contributed by atoms with Crippen molar-refractivity contribution in [2.75, 3.05) is 30.4 Å². The molecule has 0 aliphatic carbocycles. The minimum atomic E-state index is -0.787. The molecule has 1 heterocycles. The monoisotopic (exact) mass is 240 g/mol. The van der Waals surface area contributed by atoms with Crippen LogP contribution >= 0.6 is 0 Å². The number of aliphatic hydroxyl groups is 2. The van der Waals surface area contributed by atoms with Gasteiger partial charge >= 0.3 is 0 Å². The average Bonchev–Trinajstić information content (AvgIpc) is 2.28. The lowest BCUT2D eigenvalue weighted by molar-refractivity contribution is 0.147. The van der Waals surface area contributed by atoms with Gasteiger partial charge in [0.2, 0.25) is 5.95 Å². The van der Waals surface area contributed by atoms with Gasteiger partial charge in [-0.3, -0.25) is 0 Å². The summed E-state index contributed by atoms with van der Waals surface area (Å²) < 4.78 is 0. The van der Waals surface area contributed by atoms with Crippen LogP contribution in [0.15, 0.2) is 6.07 Å². The normalized spacial score (nSPS) is 11.4. The van der Waals surface area contributed by atoms with Crippen molar-refractivity contribution in [3.63, 3.8) is 0 Å². The zero-order valence-corrected chi connectivity index (χ0v) is 10.5. The Kier molecular flexibility index (Phi) is 4.65. The standard InChI is InChI=1S/C11H20N4O2/c1-4-12-10-13-8(2)5-9(14-10)15-11(3,6-16)7-17/h5,16-17H,4,6-7H2,1-3H3,(H2,12,13,14,15). The number of rotatable bonds is 6. The first-order valence-corrected chi connectivity index (χ1v) is 5.62. The Bertz CT molecular complexity index is 366. The minimum Gasteiger partial charge on any atom is -0.394 e. The predicted octanol–water partition coefficient (Wildman–Crippen LogP) is 0.372. The largest absolute Gasteiger partial charge is 0.394 e. The molecule has 0 aliphatic rings. The van der Waals surface area contributed by atoms with Gasteiger partial charge in [-0.15, -0.1) is 0 Å². The number of nitrogens with one attached hydrogen (secondary N) is 2. The predicted molar refractivity (Wildman–Crippen MR) is 67.1 cm³/mol. The third-order valence-electron chi connectivity index (χ3n) is 2.32. The molecule has 96 valence electrons. The van der Waals surface area contributed by atoms with Crippen LogP contribution in [0.3, 0.4) is 0 Å². The van der Waals surface area contributed by atoms with E-state index in [1.54, 1.807) is 13.0 Å². The number of aromatic nitrogens is 2. The van der Waals surface area contributed by atoms with Crippen LogP contribution in [0.25, 0.3) is 0 Å². The first-order valence-electron chi connectivity index (χ1n) is 5.62. The molecule has 1 aromatic rings. The highest BCUT2D eigenvalue weighted by Gasteiger charge is 2.22. The zero-order valence-electron chi connectivity index (χ0n) is 10.5. The van der Waals surface area contributed by atoms with Crippen molar-refractivity contribution >= 4 is 11.8 Å². The summed E-state index contributed by atoms with van der Waals surface area (Å²) in [5.74, 6) is 1.12. The molecule has 0 saturated carbocycles. The van der Waals surface area contributed by atoms with Crippen LogP contribution < -0.4 is 10.6 Å². The molecule has 6 heteroatoms. The number of aliphatic hydroxyl groups excluding tert-OH is 2. The summed E-state index contributed by atoms with van der Waals surface area (Å²) >= 11 is 0. The lowest BCUT2D eigenvalue weighted by Gasteiger charge is -2.27. The van der Waals surface area contributed by atoms with E-state index in [1.807, 2.05) is 13.8 Å². The minimum absolute atomic E-state index is 0.177. The fourth-order valence-corrected chi connectivity index (χ4v) is 1.31. The highest BCUT2D eigenvalue weighted by Crippen LogP contribution is 2.15. The summed E-state index contributed by atoms with van der Waals surface area (Å²) in [5, 5.41) is 24.4. The smallest absolute Gasteiger partial charge is 0.224 e. The Labute approximate surface area is 101 Å². The second kappa shape index (κ2) is 5.79. The van der Waals surface area contributed by atoms with E-state index in [2.05, 4.69) is 20.6 Å². The topological polar surface area (TPSA) is 90.3 Å². The van der Waals surface area contributed by atoms with Gasteiger partial charge < -0.3 is 20.8 Å². The third-order valence-corrected chi connectivity index (χ3v) is 2.32. The molecule has 17 heavy (non-hydrogen) atoms. The molecule has 0 atom stereocenters. The number of nitrogens with zero attached hydrogens (tertiary/aromatic N) is 2. The zero-order chi connectivity index (χ0) is 12.9. The molecule has 6 nitrogen and oxygen atoms in total. The summed E-state index contributed by atoms with van der Waals surface area (Å²) in [6, 6.07) is 1.77. The molecule has 0 aliphatic heterocycles. The third kappa shape index (κ3) is 3.83. The maximum Gasteiger partial charge on any atom is 0.224 e. The van der Waals surface area contributed by atoms with Crippen molar-refractivity contribution in [1.82, 2.24) is 9.97 Å². The number of aryl methyl sites for hydroxylation is 1. The summed E-state index contributed by atoms with van der Waals surface area (Å²) in [6.45, 7) is 5.93. The summed E-state index contributed by atoms with van der Waals surface area (Å²) in [5.41, 5.74) is 0.0289. The van der Waals surface area contributed by atoms with E-state index in [1.165, 1.54) is 0 Å². The van der Waals surface area contributed by atoms with Gasteiger partial charge in [0.05, 0.1) is 18.8 Å². The molecule has 0 saturated heterocycles. The first kappa shape index (κ1) is 13.7. The van der Waals surface area contributed by atoms with Crippen LogP contribution in [0.5, 0.6) is 0 Å². The SMILES string of the molecule is CCNc1nc(C)cc(NC(C)(CO)CO)n1. The summed E-state index contributed by atoms with van der Waals surface area (Å²) in [6.07, 6.45) is 0. The Morgan fingerprint density at radius 2 is 1.94 bits per heavy atom. The highest BCUT2D eigenvalue weighted by atomic mass is 16.3. The van der Waals surface area contributed by atoms with Crippen LogP contribution in [-0.2, 0) is 0 Å². The van der Waals surface area contributed by atoms with Gasteiger partial charge in [-0.1, -0.05) is 0 Å². The molecule has 0 aromatic carbocycles. The Balaban J connectivity index is 2.90. The molecule has 0 fully saturated rings. The van der Waals surface area contributed by atoms with Gasteiger partial charge in [-0.05, 0) is 20.8 Å². The molecular weight excluding hydrogens is 220 g/mol. The second-order valence-corrected chi connectivity index (χ2v) is 4.25. The molecule has 0 bridgehead atoms. The lowest BCUT2D eigenvalue weighted by Crippen LogP contribution is -2.42. The maximum atomic E-state index is 9.21. The molecule has 0 amide bonds. The van der Waals surface area contributed by atoms with Gasteiger partial charge in [0.25, 0.3) is 0 Å². The van der Waals surface area contributed by atoms with Gasteiger partial charge in [0.15, 0.2) is 0 Å². The van der Waals surface area contributed by atoms with Crippen LogP contribution in [0.4, 0.5) is 11.8 Å². The van der Waals surface area contributed by atoms with Crippen LogP contribution in [0, 0.1) is 6.92 Å². The van der Waals surface area contributed by atoms with Crippen molar-refractivity contribution in [2.24, 2.45) is 0 Å². The molecule has 0 unspecified atom stereocenters. The maximum absolute atomic E-state index is 9.21. The van der Waals surface area contributed by atoms with E-state index < -0.39 is 5.54 Å². The van der Waals surface area contributed by atoms with Crippen molar-refractivity contribution in [3.05, 3.63) is 11.8 Å². The first-order chi connectivity index (χ1) is 8.03. The van der Waals surface area contributed by atoms with E-state index in [0.29, 0.717) is 11.8 Å². The number of hydrogen-bond acceptors (Lipinski definition) is 6. The van der Waals surface area contributed by atoms with E-state index in [4.69, 9.17) is 0 Å². The van der Waals surface area contributed by atoms with E-state index >= 15 is 0 Å². The van der Waals surface area contributed by atoms with Gasteiger partial charge in [0, 0.05) is 18.3 Å². The molecule has 0 radical (unpaired) electrons. The van der Waals surface area contributed by atoms with Crippen molar-refractivity contribution in [3.8, 4) is 0 Å².